The van der Waals surface area contributed by atoms with Gasteiger partial charge in [0.05, 0.1) is 33.6 Å². The second kappa shape index (κ2) is 6.34. The van der Waals surface area contributed by atoms with Gasteiger partial charge in [-0.2, -0.15) is 0 Å². The van der Waals surface area contributed by atoms with E-state index in [1.807, 2.05) is 25.2 Å². The van der Waals surface area contributed by atoms with E-state index in [0.717, 1.165) is 11.3 Å². The van der Waals surface area contributed by atoms with E-state index in [4.69, 9.17) is 18.6 Å². The van der Waals surface area contributed by atoms with Crippen LogP contribution in [-0.2, 0) is 0 Å². The maximum atomic E-state index is 5.48. The summed E-state index contributed by atoms with van der Waals surface area (Å²) < 4.78 is 21.6. The van der Waals surface area contributed by atoms with E-state index >= 15 is 0 Å². The second-order valence-corrected chi connectivity index (χ2v) is 4.19. The lowest BCUT2D eigenvalue weighted by atomic mass is 10.0. The largest absolute Gasteiger partial charge is 0.496 e. The molecule has 0 saturated carbocycles. The Morgan fingerprint density at radius 1 is 1.00 bits per heavy atom. The SMILES string of the molecule is CNC(c1ccco1)c1cc(OC)c(OC)cc1OC. The molecule has 0 bridgehead atoms. The van der Waals surface area contributed by atoms with Gasteiger partial charge in [0.15, 0.2) is 11.5 Å². The number of methoxy groups -OCH3 is 3. The van der Waals surface area contributed by atoms with Crippen LogP contribution in [0.2, 0.25) is 0 Å². The molecule has 2 aromatic rings. The van der Waals surface area contributed by atoms with E-state index < -0.39 is 0 Å². The van der Waals surface area contributed by atoms with Gasteiger partial charge in [-0.05, 0) is 25.2 Å². The Morgan fingerprint density at radius 2 is 1.65 bits per heavy atom. The van der Waals surface area contributed by atoms with Crippen LogP contribution in [0.25, 0.3) is 0 Å². The molecule has 108 valence electrons. The Bertz CT molecular complexity index is 551. The third kappa shape index (κ3) is 2.58. The van der Waals surface area contributed by atoms with Crippen molar-refractivity contribution in [3.8, 4) is 17.2 Å². The topological polar surface area (TPSA) is 52.9 Å². The number of ether oxygens (including phenoxy) is 3. The van der Waals surface area contributed by atoms with Gasteiger partial charge in [-0.1, -0.05) is 0 Å². The van der Waals surface area contributed by atoms with Gasteiger partial charge in [0.25, 0.3) is 0 Å². The van der Waals surface area contributed by atoms with E-state index in [-0.39, 0.29) is 6.04 Å². The van der Waals surface area contributed by atoms with Gasteiger partial charge in [-0.15, -0.1) is 0 Å². The third-order valence-corrected chi connectivity index (χ3v) is 3.16. The van der Waals surface area contributed by atoms with Crippen molar-refractivity contribution in [3.05, 3.63) is 41.9 Å². The van der Waals surface area contributed by atoms with Crippen molar-refractivity contribution in [2.24, 2.45) is 0 Å². The summed E-state index contributed by atoms with van der Waals surface area (Å²) in [6.45, 7) is 0. The highest BCUT2D eigenvalue weighted by Gasteiger charge is 2.22. The smallest absolute Gasteiger partial charge is 0.164 e. The molecule has 0 aliphatic carbocycles. The Balaban J connectivity index is 2.53. The maximum Gasteiger partial charge on any atom is 0.164 e. The molecule has 1 aromatic heterocycles. The van der Waals surface area contributed by atoms with Gasteiger partial charge in [-0.25, -0.2) is 0 Å². The summed E-state index contributed by atoms with van der Waals surface area (Å²) in [7, 11) is 6.69. The summed E-state index contributed by atoms with van der Waals surface area (Å²) >= 11 is 0. The summed E-state index contributed by atoms with van der Waals surface area (Å²) in [5.74, 6) is 2.79. The van der Waals surface area contributed by atoms with Crippen molar-refractivity contribution < 1.29 is 18.6 Å². The van der Waals surface area contributed by atoms with Gasteiger partial charge >= 0.3 is 0 Å². The summed E-state index contributed by atoms with van der Waals surface area (Å²) in [6.07, 6.45) is 1.65. The lowest BCUT2D eigenvalue weighted by Gasteiger charge is -2.19. The van der Waals surface area contributed by atoms with Gasteiger partial charge in [-0.3, -0.25) is 0 Å². The average molecular weight is 277 g/mol. The first-order valence-corrected chi connectivity index (χ1v) is 6.25. The van der Waals surface area contributed by atoms with Crippen LogP contribution in [0.15, 0.2) is 34.9 Å². The molecule has 1 unspecified atom stereocenters. The van der Waals surface area contributed by atoms with Crippen LogP contribution in [-0.4, -0.2) is 28.4 Å². The first-order chi connectivity index (χ1) is 9.74. The van der Waals surface area contributed by atoms with Crippen molar-refractivity contribution in [1.82, 2.24) is 5.32 Å². The number of furan rings is 1. The highest BCUT2D eigenvalue weighted by atomic mass is 16.5. The molecule has 0 amide bonds. The van der Waals surface area contributed by atoms with Crippen LogP contribution < -0.4 is 19.5 Å². The quantitative estimate of drug-likeness (QED) is 0.879. The van der Waals surface area contributed by atoms with Crippen LogP contribution in [0.4, 0.5) is 0 Å². The van der Waals surface area contributed by atoms with Crippen LogP contribution in [0.5, 0.6) is 17.2 Å². The molecular formula is C15H19NO4. The Hall–Kier alpha value is -2.14. The molecule has 1 aromatic carbocycles. The Kier molecular flexibility index (Phi) is 4.53. The van der Waals surface area contributed by atoms with Crippen LogP contribution in [0.1, 0.15) is 17.4 Å². The van der Waals surface area contributed by atoms with E-state index in [0.29, 0.717) is 17.2 Å². The standard InChI is InChI=1S/C15H19NO4/c1-16-15(11-6-5-7-20-11)10-8-13(18-3)14(19-4)9-12(10)17-2/h5-9,15-16H,1-4H3. The van der Waals surface area contributed by atoms with Crippen LogP contribution in [0.3, 0.4) is 0 Å². The molecule has 0 saturated heterocycles. The number of hydrogen-bond acceptors (Lipinski definition) is 5. The first-order valence-electron chi connectivity index (χ1n) is 6.25. The molecule has 1 heterocycles. The van der Waals surface area contributed by atoms with E-state index in [1.54, 1.807) is 33.7 Å². The minimum Gasteiger partial charge on any atom is -0.496 e. The summed E-state index contributed by atoms with van der Waals surface area (Å²) in [4.78, 5) is 0. The van der Waals surface area contributed by atoms with Crippen molar-refractivity contribution in [2.45, 2.75) is 6.04 Å². The zero-order chi connectivity index (χ0) is 14.5. The fourth-order valence-electron chi connectivity index (χ4n) is 2.18. The molecule has 0 fully saturated rings. The third-order valence-electron chi connectivity index (χ3n) is 3.16. The highest BCUT2D eigenvalue weighted by molar-refractivity contribution is 5.53. The number of nitrogens with one attached hydrogen (secondary N) is 1. The van der Waals surface area contributed by atoms with Gasteiger partial charge in [0, 0.05) is 11.6 Å². The molecule has 0 aliphatic heterocycles. The van der Waals surface area contributed by atoms with Crippen molar-refractivity contribution in [3.63, 3.8) is 0 Å². The normalized spacial score (nSPS) is 12.0. The Morgan fingerprint density at radius 3 is 2.15 bits per heavy atom. The fourth-order valence-corrected chi connectivity index (χ4v) is 2.18. The molecular weight excluding hydrogens is 258 g/mol. The fraction of sp³-hybridized carbons (Fsp3) is 0.333. The summed E-state index contributed by atoms with van der Waals surface area (Å²) in [5, 5.41) is 3.21. The molecule has 0 radical (unpaired) electrons. The molecule has 0 aliphatic rings. The lowest BCUT2D eigenvalue weighted by Crippen LogP contribution is -2.18. The Labute approximate surface area is 118 Å². The predicted molar refractivity (Wildman–Crippen MR) is 75.7 cm³/mol. The monoisotopic (exact) mass is 277 g/mol. The first kappa shape index (κ1) is 14.3. The minimum absolute atomic E-state index is 0.125. The molecule has 1 N–H and O–H groups in total. The number of benzene rings is 1. The molecule has 5 nitrogen and oxygen atoms in total. The van der Waals surface area contributed by atoms with E-state index in [2.05, 4.69) is 5.32 Å². The molecule has 5 heteroatoms. The number of rotatable bonds is 6. The minimum atomic E-state index is -0.125. The van der Waals surface area contributed by atoms with E-state index in [9.17, 15) is 0 Å². The van der Waals surface area contributed by atoms with Crippen LogP contribution >= 0.6 is 0 Å². The average Bonchev–Trinajstić information content (AvgIpc) is 3.01. The molecule has 1 atom stereocenters. The highest BCUT2D eigenvalue weighted by Crippen LogP contribution is 2.39. The predicted octanol–water partition coefficient (Wildman–Crippen LogP) is 2.61. The zero-order valence-corrected chi connectivity index (χ0v) is 12.1. The van der Waals surface area contributed by atoms with Crippen molar-refractivity contribution in [2.75, 3.05) is 28.4 Å². The molecule has 0 spiro atoms. The summed E-state index contributed by atoms with van der Waals surface area (Å²) in [6, 6.07) is 7.34. The second-order valence-electron chi connectivity index (χ2n) is 4.19. The molecule has 20 heavy (non-hydrogen) atoms. The number of hydrogen-bond donors (Lipinski definition) is 1. The maximum absolute atomic E-state index is 5.48. The van der Waals surface area contributed by atoms with Gasteiger partial charge in [0.1, 0.15) is 11.5 Å². The lowest BCUT2D eigenvalue weighted by molar-refractivity contribution is 0.345. The van der Waals surface area contributed by atoms with Gasteiger partial charge < -0.3 is 23.9 Å². The van der Waals surface area contributed by atoms with Crippen LogP contribution in [0, 0.1) is 0 Å². The zero-order valence-electron chi connectivity index (χ0n) is 12.1. The molecule has 2 rings (SSSR count). The van der Waals surface area contributed by atoms with E-state index in [1.165, 1.54) is 0 Å². The van der Waals surface area contributed by atoms with Gasteiger partial charge in [0.2, 0.25) is 0 Å². The van der Waals surface area contributed by atoms with Crippen molar-refractivity contribution in [1.29, 1.82) is 0 Å². The van der Waals surface area contributed by atoms with Crippen molar-refractivity contribution >= 4 is 0 Å². The summed E-state index contributed by atoms with van der Waals surface area (Å²) in [5.41, 5.74) is 0.919.